The molecule has 15 aromatic carbocycles. The first-order chi connectivity index (χ1) is 54.8. The second-order valence-electron chi connectivity index (χ2n) is 31.1. The minimum Gasteiger partial charge on any atom is -0.342 e. The zero-order valence-corrected chi connectivity index (χ0v) is 63.3. The molecule has 2 aliphatic rings. The number of anilines is 4. The summed E-state index contributed by atoms with van der Waals surface area (Å²) in [5.74, 6) is 0. The van der Waals surface area contributed by atoms with E-state index in [-0.39, 0.29) is 12.1 Å². The van der Waals surface area contributed by atoms with Crippen molar-refractivity contribution in [1.82, 2.24) is 9.13 Å². The summed E-state index contributed by atoms with van der Waals surface area (Å²) >= 11 is 0. The van der Waals surface area contributed by atoms with Crippen LogP contribution < -0.4 is 26.2 Å². The molecule has 17 aromatic rings. The Morgan fingerprint density at radius 3 is 0.802 bits per heavy atom. The molecule has 0 saturated carbocycles. The summed E-state index contributed by atoms with van der Waals surface area (Å²) in [5, 5.41) is 4.90. The van der Waals surface area contributed by atoms with Crippen molar-refractivity contribution in [1.29, 1.82) is 0 Å². The Labute approximate surface area is 653 Å². The molecular formula is C106H87BN4. The van der Waals surface area contributed by atoms with Crippen LogP contribution in [0, 0.1) is 0 Å². The monoisotopic (exact) mass is 1430 g/mol. The van der Waals surface area contributed by atoms with Crippen LogP contribution in [0.2, 0.25) is 0 Å². The van der Waals surface area contributed by atoms with E-state index >= 15 is 0 Å². The molecule has 534 valence electrons. The lowest BCUT2D eigenvalue weighted by molar-refractivity contribution is 0.590. The maximum absolute atomic E-state index is 2.78. The number of fused-ring (bicyclic) bond motifs is 6. The molecule has 0 radical (unpaired) electrons. The third-order valence-corrected chi connectivity index (χ3v) is 23.4. The molecular weight excluding hydrogens is 1340 g/mol. The molecule has 111 heavy (non-hydrogen) atoms. The molecule has 4 heterocycles. The van der Waals surface area contributed by atoms with Crippen molar-refractivity contribution in [2.45, 2.75) is 64.7 Å². The molecule has 0 amide bonds. The first kappa shape index (κ1) is 68.6. The average Bonchev–Trinajstić information content (AvgIpc) is 1.61. The SMILES string of the molecule is CC(C)(C)c1cc2c3c(c1)N(CCCCc1c(-c4ccccc4)cccc1-c1ccccc1)c1cc(-n4c(-c5ccccc5)c5ccccc5c4-c4ccccc4)ccc1B3c1ccc(-n3c(-c4ccccc4)c4ccccc4c3-c3ccccc3)cc1N2CCCCc1c(-c2ccccc2)cccc1-c1ccccc1. The van der Waals surface area contributed by atoms with Crippen LogP contribution in [0.25, 0.3) is 122 Å². The number of aromatic nitrogens is 2. The number of benzene rings is 15. The van der Waals surface area contributed by atoms with Crippen LogP contribution in [-0.2, 0) is 18.3 Å². The third-order valence-electron chi connectivity index (χ3n) is 23.4. The molecule has 5 heteroatoms. The van der Waals surface area contributed by atoms with E-state index in [1.807, 2.05) is 0 Å². The van der Waals surface area contributed by atoms with Gasteiger partial charge in [-0.3, -0.25) is 0 Å². The van der Waals surface area contributed by atoms with Gasteiger partial charge in [0, 0.05) is 68.8 Å². The topological polar surface area (TPSA) is 16.3 Å². The Morgan fingerprint density at radius 1 is 0.252 bits per heavy atom. The van der Waals surface area contributed by atoms with Crippen molar-refractivity contribution >= 4 is 67.4 Å². The van der Waals surface area contributed by atoms with Gasteiger partial charge in [-0.1, -0.05) is 360 Å². The highest BCUT2D eigenvalue weighted by Crippen LogP contribution is 2.48. The predicted molar refractivity (Wildman–Crippen MR) is 473 cm³/mol. The number of hydrogen-bond donors (Lipinski definition) is 0. The maximum Gasteiger partial charge on any atom is 0.252 e. The zero-order chi connectivity index (χ0) is 74.4. The maximum atomic E-state index is 2.78. The van der Waals surface area contributed by atoms with Crippen molar-refractivity contribution in [3.63, 3.8) is 0 Å². The van der Waals surface area contributed by atoms with E-state index in [0.717, 1.165) is 63.0 Å². The van der Waals surface area contributed by atoms with E-state index in [2.05, 4.69) is 416 Å². The second-order valence-corrected chi connectivity index (χ2v) is 31.1. The van der Waals surface area contributed by atoms with Crippen LogP contribution in [0.5, 0.6) is 0 Å². The van der Waals surface area contributed by atoms with Crippen LogP contribution in [0.15, 0.2) is 376 Å². The second kappa shape index (κ2) is 29.6. The minimum atomic E-state index is -0.215. The lowest BCUT2D eigenvalue weighted by atomic mass is 9.33. The van der Waals surface area contributed by atoms with Gasteiger partial charge in [0.25, 0.3) is 6.71 Å². The van der Waals surface area contributed by atoms with E-state index in [0.29, 0.717) is 0 Å². The molecule has 0 bridgehead atoms. The standard InChI is InChI=1S/C106H87BN4/c1-106(2,3)82-70-99-101-100(71-82)109(69-35-33-55-90-87(76-42-16-6-17-43-76)62-37-63-88(90)77-44-18-7-19-45-77)98-73-84(111-104(80-50-24-10-25-51-80)93-58-30-31-59-94(93)105(111)81-52-26-11-27-53-81)65-67-96(98)107(101)95-66-64-83(110-102(78-46-20-8-21-47-78)91-56-28-29-57-92(91)103(110)79-48-22-9-23-49-79)72-97(95)108(99)68-34-32-54-89-85(74-38-12-4-13-39-74)60-36-61-86(89)75-40-14-5-15-41-75/h4-31,36-53,56-67,70-73H,32-35,54-55,68-69H2,1-3H3. The Balaban J connectivity index is 0.825. The minimum absolute atomic E-state index is 0.112. The quantitative estimate of drug-likeness (QED) is 0.0559. The van der Waals surface area contributed by atoms with Crippen LogP contribution in [0.1, 0.15) is 63.1 Å². The van der Waals surface area contributed by atoms with Gasteiger partial charge in [-0.15, -0.1) is 0 Å². The van der Waals surface area contributed by atoms with Crippen molar-refractivity contribution in [3.05, 3.63) is 393 Å². The summed E-state index contributed by atoms with van der Waals surface area (Å²) in [6.45, 7) is 8.76. The van der Waals surface area contributed by atoms with Crippen LogP contribution in [0.4, 0.5) is 22.7 Å². The average molecular weight is 1430 g/mol. The molecule has 0 N–H and O–H groups in total. The van der Waals surface area contributed by atoms with Gasteiger partial charge in [0.2, 0.25) is 0 Å². The van der Waals surface area contributed by atoms with Gasteiger partial charge in [0.1, 0.15) is 0 Å². The Morgan fingerprint density at radius 2 is 0.523 bits per heavy atom. The Bertz CT molecular complexity index is 5580. The van der Waals surface area contributed by atoms with Crippen LogP contribution in [-0.4, -0.2) is 28.9 Å². The molecule has 0 atom stereocenters. The van der Waals surface area contributed by atoms with Gasteiger partial charge in [-0.2, -0.15) is 0 Å². The van der Waals surface area contributed by atoms with Gasteiger partial charge in [0.15, 0.2) is 0 Å². The fourth-order valence-corrected chi connectivity index (χ4v) is 18.3. The van der Waals surface area contributed by atoms with Gasteiger partial charge in [0.05, 0.1) is 22.8 Å². The van der Waals surface area contributed by atoms with Crippen molar-refractivity contribution in [2.24, 2.45) is 0 Å². The van der Waals surface area contributed by atoms with Gasteiger partial charge in [-0.25, -0.2) is 0 Å². The molecule has 19 rings (SSSR count). The summed E-state index contributed by atoms with van der Waals surface area (Å²) in [6.07, 6.45) is 5.74. The molecule has 2 aromatic heterocycles. The van der Waals surface area contributed by atoms with Crippen molar-refractivity contribution < 1.29 is 0 Å². The summed E-state index contributed by atoms with van der Waals surface area (Å²) in [6, 6.07) is 141. The van der Waals surface area contributed by atoms with Crippen molar-refractivity contribution in [2.75, 3.05) is 22.9 Å². The zero-order valence-electron chi connectivity index (χ0n) is 63.3. The summed E-state index contributed by atoms with van der Waals surface area (Å²) in [7, 11) is 0. The van der Waals surface area contributed by atoms with Crippen LogP contribution in [0.3, 0.4) is 0 Å². The molecule has 2 aliphatic heterocycles. The van der Waals surface area contributed by atoms with Gasteiger partial charge >= 0.3 is 0 Å². The molecule has 0 aliphatic carbocycles. The highest BCUT2D eigenvalue weighted by atomic mass is 15.2. The normalized spacial score (nSPS) is 12.3. The largest absolute Gasteiger partial charge is 0.342 e. The third kappa shape index (κ3) is 12.7. The highest BCUT2D eigenvalue weighted by Gasteiger charge is 2.44. The number of nitrogens with zero attached hydrogens (tertiary/aromatic N) is 4. The van der Waals surface area contributed by atoms with E-state index < -0.39 is 0 Å². The van der Waals surface area contributed by atoms with E-state index in [4.69, 9.17) is 0 Å². The lowest BCUT2D eigenvalue weighted by Crippen LogP contribution is -2.62. The lowest BCUT2D eigenvalue weighted by Gasteiger charge is -2.45. The summed E-state index contributed by atoms with van der Waals surface area (Å²) in [5.41, 5.74) is 34.9. The number of rotatable bonds is 20. The van der Waals surface area contributed by atoms with Gasteiger partial charge in [-0.05, 0) is 180 Å². The number of hydrogen-bond acceptors (Lipinski definition) is 2. The molecule has 0 spiro atoms. The Kier molecular flexibility index (Phi) is 18.3. The first-order valence-electron chi connectivity index (χ1n) is 39.8. The van der Waals surface area contributed by atoms with Crippen molar-refractivity contribution in [3.8, 4) is 101 Å². The van der Waals surface area contributed by atoms with E-state index in [9.17, 15) is 0 Å². The highest BCUT2D eigenvalue weighted by molar-refractivity contribution is 7.00. The molecule has 0 saturated heterocycles. The predicted octanol–water partition coefficient (Wildman–Crippen LogP) is 25.7. The number of unbranched alkanes of at least 4 members (excludes halogenated alkanes) is 2. The molecule has 0 unspecified atom stereocenters. The molecule has 0 fully saturated rings. The first-order valence-corrected chi connectivity index (χ1v) is 39.8. The van der Waals surface area contributed by atoms with Crippen LogP contribution >= 0.6 is 0 Å². The van der Waals surface area contributed by atoms with Gasteiger partial charge < -0.3 is 18.9 Å². The fraction of sp³-hybridized carbons (Fsp3) is 0.113. The summed E-state index contributed by atoms with van der Waals surface area (Å²) < 4.78 is 5.18. The fourth-order valence-electron chi connectivity index (χ4n) is 18.3. The van der Waals surface area contributed by atoms with E-state index in [1.165, 1.54) is 167 Å². The van der Waals surface area contributed by atoms with E-state index in [1.54, 1.807) is 0 Å². The smallest absolute Gasteiger partial charge is 0.252 e. The Hall–Kier alpha value is -13.0. The molecule has 4 nitrogen and oxygen atoms in total. The summed E-state index contributed by atoms with van der Waals surface area (Å²) in [4.78, 5) is 5.57.